The molecule has 1 saturated heterocycles. The average molecular weight is 444 g/mol. The zero-order chi connectivity index (χ0) is 22.9. The molecule has 174 valence electrons. The number of hydrogen-bond acceptors (Lipinski definition) is 5. The zero-order valence-electron chi connectivity index (χ0n) is 19.1. The lowest BCUT2D eigenvalue weighted by atomic mass is 9.77. The Bertz CT molecular complexity index is 892. The fourth-order valence-corrected chi connectivity index (χ4v) is 4.78. The molecular weight excluding hydrogens is 410 g/mol. The van der Waals surface area contributed by atoms with Gasteiger partial charge >= 0.3 is 6.03 Å². The van der Waals surface area contributed by atoms with Crippen LogP contribution in [-0.2, 0) is 9.59 Å². The van der Waals surface area contributed by atoms with Crippen molar-refractivity contribution in [2.24, 2.45) is 11.8 Å². The summed E-state index contributed by atoms with van der Waals surface area (Å²) >= 11 is 0. The number of amides is 4. The smallest absolute Gasteiger partial charge is 0.325 e. The monoisotopic (exact) mass is 443 g/mol. The number of imide groups is 1. The second kappa shape index (κ2) is 9.00. The molecule has 32 heavy (non-hydrogen) atoms. The molecule has 4 amide bonds. The topological polar surface area (TPSA) is 97.0 Å². The van der Waals surface area contributed by atoms with Gasteiger partial charge in [-0.2, -0.15) is 0 Å². The van der Waals surface area contributed by atoms with Gasteiger partial charge in [0.1, 0.15) is 12.1 Å². The van der Waals surface area contributed by atoms with Crippen molar-refractivity contribution in [2.45, 2.75) is 64.5 Å². The summed E-state index contributed by atoms with van der Waals surface area (Å²) in [4.78, 5) is 39.6. The molecule has 0 radical (unpaired) electrons. The van der Waals surface area contributed by atoms with Crippen LogP contribution in [0.5, 0.6) is 11.5 Å². The van der Waals surface area contributed by atoms with E-state index in [-0.39, 0.29) is 30.3 Å². The Hall–Kier alpha value is -2.77. The maximum Gasteiger partial charge on any atom is 0.325 e. The molecule has 1 saturated carbocycles. The van der Waals surface area contributed by atoms with Gasteiger partial charge in [-0.15, -0.1) is 0 Å². The van der Waals surface area contributed by atoms with E-state index in [2.05, 4.69) is 17.6 Å². The van der Waals surface area contributed by atoms with Crippen LogP contribution in [0.25, 0.3) is 0 Å². The van der Waals surface area contributed by atoms with E-state index in [0.29, 0.717) is 43.5 Å². The fraction of sp³-hybridized carbons (Fsp3) is 0.625. The number of urea groups is 1. The first kappa shape index (κ1) is 22.4. The van der Waals surface area contributed by atoms with Crippen molar-refractivity contribution in [3.05, 3.63) is 23.8 Å². The number of nitrogens with zero attached hydrogens (tertiary/aromatic N) is 1. The van der Waals surface area contributed by atoms with Crippen LogP contribution in [0.4, 0.5) is 4.79 Å². The molecule has 2 N–H and O–H groups in total. The van der Waals surface area contributed by atoms with Gasteiger partial charge in [-0.25, -0.2) is 4.79 Å². The third-order valence-corrected chi connectivity index (χ3v) is 6.79. The molecule has 1 aromatic rings. The minimum absolute atomic E-state index is 0.0953. The van der Waals surface area contributed by atoms with Crippen LogP contribution in [0.3, 0.4) is 0 Å². The average Bonchev–Trinajstić information content (AvgIpc) is 2.92. The Morgan fingerprint density at radius 2 is 1.88 bits per heavy atom. The highest BCUT2D eigenvalue weighted by atomic mass is 16.5. The summed E-state index contributed by atoms with van der Waals surface area (Å²) in [7, 11) is 0. The van der Waals surface area contributed by atoms with E-state index >= 15 is 0 Å². The number of hydrogen-bond donors (Lipinski definition) is 2. The van der Waals surface area contributed by atoms with E-state index in [1.807, 2.05) is 32.0 Å². The second-order valence-corrected chi connectivity index (χ2v) is 9.63. The predicted octanol–water partition coefficient (Wildman–Crippen LogP) is 3.16. The summed E-state index contributed by atoms with van der Waals surface area (Å²) in [5.74, 6) is 1.37. The van der Waals surface area contributed by atoms with Crippen LogP contribution in [0.2, 0.25) is 0 Å². The summed E-state index contributed by atoms with van der Waals surface area (Å²) in [6, 6.07) is 4.92. The maximum atomic E-state index is 13.0. The summed E-state index contributed by atoms with van der Waals surface area (Å²) in [6.45, 7) is 7.10. The molecule has 2 fully saturated rings. The lowest BCUT2D eigenvalue weighted by Crippen LogP contribution is -2.50. The lowest BCUT2D eigenvalue weighted by molar-refractivity contribution is -0.136. The van der Waals surface area contributed by atoms with E-state index in [9.17, 15) is 14.4 Å². The first-order chi connectivity index (χ1) is 15.3. The van der Waals surface area contributed by atoms with Crippen LogP contribution < -0.4 is 20.1 Å². The van der Waals surface area contributed by atoms with E-state index in [1.165, 1.54) is 0 Å². The van der Waals surface area contributed by atoms with Crippen LogP contribution in [0.15, 0.2) is 18.2 Å². The number of ether oxygens (including phenoxy) is 2. The van der Waals surface area contributed by atoms with Gasteiger partial charge < -0.3 is 20.1 Å². The predicted molar refractivity (Wildman–Crippen MR) is 118 cm³/mol. The summed E-state index contributed by atoms with van der Waals surface area (Å²) < 4.78 is 11.5. The van der Waals surface area contributed by atoms with E-state index in [1.54, 1.807) is 0 Å². The van der Waals surface area contributed by atoms with E-state index in [4.69, 9.17) is 9.47 Å². The van der Waals surface area contributed by atoms with Crippen LogP contribution in [-0.4, -0.2) is 48.0 Å². The molecule has 2 heterocycles. The first-order valence-corrected chi connectivity index (χ1v) is 11.6. The number of rotatable bonds is 5. The minimum atomic E-state index is -0.838. The Morgan fingerprint density at radius 3 is 2.56 bits per heavy atom. The fourth-order valence-electron chi connectivity index (χ4n) is 4.78. The lowest BCUT2D eigenvalue weighted by Gasteiger charge is -2.33. The van der Waals surface area contributed by atoms with Gasteiger partial charge in [0.2, 0.25) is 5.91 Å². The molecular formula is C24H33N3O5. The van der Waals surface area contributed by atoms with Crippen molar-refractivity contribution in [2.75, 3.05) is 19.8 Å². The molecule has 8 heteroatoms. The van der Waals surface area contributed by atoms with Crippen LogP contribution >= 0.6 is 0 Å². The summed E-state index contributed by atoms with van der Waals surface area (Å²) in [6.07, 6.45) is 3.86. The normalized spacial score (nSPS) is 26.1. The number of fused-ring (bicyclic) bond motifs is 1. The molecule has 1 aliphatic carbocycles. The summed E-state index contributed by atoms with van der Waals surface area (Å²) in [5.41, 5.74) is 0.0582. The number of benzene rings is 1. The van der Waals surface area contributed by atoms with Gasteiger partial charge in [0.05, 0.1) is 19.3 Å². The van der Waals surface area contributed by atoms with E-state index < -0.39 is 11.6 Å². The van der Waals surface area contributed by atoms with Crippen LogP contribution in [0.1, 0.15) is 64.5 Å². The molecule has 2 aliphatic heterocycles. The van der Waals surface area contributed by atoms with Gasteiger partial charge in [0.15, 0.2) is 11.5 Å². The zero-order valence-corrected chi connectivity index (χ0v) is 19.1. The Balaban J connectivity index is 1.44. The highest BCUT2D eigenvalue weighted by Crippen LogP contribution is 2.37. The SMILES string of the molecule is CC1CCC2(CC1)NC(=O)N(CC(=O)N[C@@H](c1ccc3c(c1)OCCCO3)C(C)C)C2=O. The van der Waals surface area contributed by atoms with Crippen molar-refractivity contribution >= 4 is 17.8 Å². The standard InChI is InChI=1S/C24H33N3O5/c1-15(2)21(17-5-6-18-19(13-17)32-12-4-11-31-18)25-20(28)14-27-22(29)24(26-23(27)30)9-7-16(3)8-10-24/h5-6,13,15-16,21H,4,7-12,14H2,1-3H3,(H,25,28)(H,26,30)/t16?,21-,24?/m1/s1. The van der Waals surface area contributed by atoms with Gasteiger partial charge in [0, 0.05) is 6.42 Å². The Kier molecular flexibility index (Phi) is 6.31. The minimum Gasteiger partial charge on any atom is -0.490 e. The molecule has 0 bridgehead atoms. The number of carbonyl (C=O) groups excluding carboxylic acids is 3. The molecule has 0 unspecified atom stereocenters. The molecule has 3 aliphatic rings. The maximum absolute atomic E-state index is 13.0. The molecule has 8 nitrogen and oxygen atoms in total. The highest BCUT2D eigenvalue weighted by Gasteiger charge is 2.52. The third-order valence-electron chi connectivity index (χ3n) is 6.79. The summed E-state index contributed by atoms with van der Waals surface area (Å²) in [5, 5.41) is 5.88. The van der Waals surface area contributed by atoms with Gasteiger partial charge in [-0.1, -0.05) is 26.8 Å². The van der Waals surface area contributed by atoms with Crippen molar-refractivity contribution in [1.29, 1.82) is 0 Å². The quantitative estimate of drug-likeness (QED) is 0.682. The molecule has 1 spiro atoms. The Morgan fingerprint density at radius 1 is 1.19 bits per heavy atom. The molecule has 0 aromatic heterocycles. The largest absolute Gasteiger partial charge is 0.490 e. The number of nitrogens with one attached hydrogen (secondary N) is 2. The van der Waals surface area contributed by atoms with Crippen molar-refractivity contribution in [3.8, 4) is 11.5 Å². The number of carbonyl (C=O) groups is 3. The first-order valence-electron chi connectivity index (χ1n) is 11.6. The highest BCUT2D eigenvalue weighted by molar-refractivity contribution is 6.09. The molecule has 1 aromatic carbocycles. The van der Waals surface area contributed by atoms with Crippen molar-refractivity contribution in [3.63, 3.8) is 0 Å². The third kappa shape index (κ3) is 4.40. The van der Waals surface area contributed by atoms with Crippen LogP contribution in [0, 0.1) is 11.8 Å². The second-order valence-electron chi connectivity index (χ2n) is 9.63. The van der Waals surface area contributed by atoms with Crippen molar-refractivity contribution < 1.29 is 23.9 Å². The van der Waals surface area contributed by atoms with Crippen molar-refractivity contribution in [1.82, 2.24) is 15.5 Å². The molecule has 4 rings (SSSR count). The van der Waals surface area contributed by atoms with Gasteiger partial charge in [0.25, 0.3) is 5.91 Å². The molecule has 1 atom stereocenters. The van der Waals surface area contributed by atoms with E-state index in [0.717, 1.165) is 29.7 Å². The van der Waals surface area contributed by atoms with Gasteiger partial charge in [-0.05, 0) is 55.2 Å². The van der Waals surface area contributed by atoms with Gasteiger partial charge in [-0.3, -0.25) is 14.5 Å². The Labute approximate surface area is 189 Å².